The molecule has 0 bridgehead atoms. The van der Waals surface area contributed by atoms with Gasteiger partial charge in [0.25, 0.3) is 0 Å². The molecule has 0 spiro atoms. The maximum Gasteiger partial charge on any atom is 0.123 e. The molecule has 22 heavy (non-hydrogen) atoms. The number of hydrogen-bond acceptors (Lipinski definition) is 0. The van der Waals surface area contributed by atoms with E-state index in [9.17, 15) is 4.39 Å². The molecule has 0 aliphatic heterocycles. The van der Waals surface area contributed by atoms with Crippen molar-refractivity contribution in [1.82, 2.24) is 0 Å². The van der Waals surface area contributed by atoms with Gasteiger partial charge in [-0.1, -0.05) is 56.9 Å². The van der Waals surface area contributed by atoms with Gasteiger partial charge in [-0.25, -0.2) is 4.39 Å². The van der Waals surface area contributed by atoms with E-state index in [1.165, 1.54) is 56.9 Å². The molecule has 1 heteroatoms. The van der Waals surface area contributed by atoms with Crippen LogP contribution in [0.3, 0.4) is 0 Å². The molecular formula is C21H31F. The zero-order valence-electron chi connectivity index (χ0n) is 14.1. The third-order valence-electron chi connectivity index (χ3n) is 5.03. The number of halogens is 1. The van der Waals surface area contributed by atoms with Gasteiger partial charge in [-0.3, -0.25) is 0 Å². The van der Waals surface area contributed by atoms with Gasteiger partial charge in [-0.2, -0.15) is 0 Å². The quantitative estimate of drug-likeness (QED) is 0.370. The fourth-order valence-electron chi connectivity index (χ4n) is 3.54. The van der Waals surface area contributed by atoms with Crippen molar-refractivity contribution >= 4 is 0 Å². The maximum absolute atomic E-state index is 12.8. The Labute approximate surface area is 135 Å². The topological polar surface area (TPSA) is 0 Å². The fraction of sp³-hybridized carbons (Fsp3) is 0.619. The average Bonchev–Trinajstić information content (AvgIpc) is 2.55. The van der Waals surface area contributed by atoms with E-state index in [1.54, 1.807) is 12.1 Å². The molecule has 0 unspecified atom stereocenters. The first kappa shape index (κ1) is 17.2. The van der Waals surface area contributed by atoms with E-state index in [4.69, 9.17) is 0 Å². The van der Waals surface area contributed by atoms with Crippen LogP contribution < -0.4 is 0 Å². The number of hydrogen-bond donors (Lipinski definition) is 0. The molecule has 2 rings (SSSR count). The first-order chi connectivity index (χ1) is 10.8. The second-order valence-electron chi connectivity index (χ2n) is 6.87. The third kappa shape index (κ3) is 6.34. The van der Waals surface area contributed by atoms with Crippen molar-refractivity contribution < 1.29 is 4.39 Å². The Kier molecular flexibility index (Phi) is 7.70. The van der Waals surface area contributed by atoms with Crippen LogP contribution in [0.4, 0.5) is 4.39 Å². The lowest BCUT2D eigenvalue weighted by Crippen LogP contribution is -2.13. The molecule has 1 saturated carbocycles. The second-order valence-corrected chi connectivity index (χ2v) is 6.87. The third-order valence-corrected chi connectivity index (χ3v) is 5.03. The number of rotatable bonds is 8. The summed E-state index contributed by atoms with van der Waals surface area (Å²) in [6, 6.07) is 6.90. The predicted octanol–water partition coefficient (Wildman–Crippen LogP) is 6.70. The number of aryl methyl sites for hydroxylation is 1. The van der Waals surface area contributed by atoms with Crippen LogP contribution >= 0.6 is 0 Å². The van der Waals surface area contributed by atoms with Crippen molar-refractivity contribution in [2.24, 2.45) is 11.8 Å². The largest absolute Gasteiger partial charge is 0.207 e. The van der Waals surface area contributed by atoms with E-state index in [0.29, 0.717) is 0 Å². The average molecular weight is 302 g/mol. The highest BCUT2D eigenvalue weighted by molar-refractivity contribution is 5.16. The summed E-state index contributed by atoms with van der Waals surface area (Å²) in [7, 11) is 0. The van der Waals surface area contributed by atoms with Crippen LogP contribution in [-0.2, 0) is 6.42 Å². The molecule has 0 radical (unpaired) electrons. The standard InChI is InChI=1S/C21H31F/c1-2-3-4-7-18-10-12-19(13-11-18)8-5-6-9-20-14-16-21(22)17-15-20/h5,8,14-19H,2-4,6-7,9-13H2,1H3. The van der Waals surface area contributed by atoms with E-state index < -0.39 is 0 Å². The summed E-state index contributed by atoms with van der Waals surface area (Å²) in [5.74, 6) is 1.65. The van der Waals surface area contributed by atoms with Gasteiger partial charge in [-0.05, 0) is 68.1 Å². The molecule has 0 aromatic heterocycles. The van der Waals surface area contributed by atoms with Crippen LogP contribution in [0.5, 0.6) is 0 Å². The lowest BCUT2D eigenvalue weighted by Gasteiger charge is -2.26. The predicted molar refractivity (Wildman–Crippen MR) is 93.5 cm³/mol. The first-order valence-electron chi connectivity index (χ1n) is 9.19. The highest BCUT2D eigenvalue weighted by Crippen LogP contribution is 2.32. The van der Waals surface area contributed by atoms with E-state index in [-0.39, 0.29) is 5.82 Å². The zero-order chi connectivity index (χ0) is 15.6. The maximum atomic E-state index is 12.8. The van der Waals surface area contributed by atoms with Crippen LogP contribution in [-0.4, -0.2) is 0 Å². The highest BCUT2D eigenvalue weighted by atomic mass is 19.1. The first-order valence-corrected chi connectivity index (χ1v) is 9.19. The minimum atomic E-state index is -0.144. The Morgan fingerprint density at radius 1 is 1.05 bits per heavy atom. The van der Waals surface area contributed by atoms with Gasteiger partial charge < -0.3 is 0 Å². The smallest absolute Gasteiger partial charge is 0.123 e. The van der Waals surface area contributed by atoms with Crippen LogP contribution in [0.15, 0.2) is 36.4 Å². The van der Waals surface area contributed by atoms with Crippen molar-refractivity contribution in [3.05, 3.63) is 47.8 Å². The van der Waals surface area contributed by atoms with Gasteiger partial charge in [-0.15, -0.1) is 0 Å². The van der Waals surface area contributed by atoms with Gasteiger partial charge in [0.2, 0.25) is 0 Å². The molecule has 0 heterocycles. The number of benzene rings is 1. The Bertz CT molecular complexity index is 424. The summed E-state index contributed by atoms with van der Waals surface area (Å²) in [5, 5.41) is 0. The van der Waals surface area contributed by atoms with Gasteiger partial charge in [0.1, 0.15) is 5.82 Å². The molecule has 0 N–H and O–H groups in total. The Balaban J connectivity index is 1.60. The van der Waals surface area contributed by atoms with Crippen LogP contribution in [0.2, 0.25) is 0 Å². The second kappa shape index (κ2) is 9.82. The minimum absolute atomic E-state index is 0.144. The van der Waals surface area contributed by atoms with Crippen molar-refractivity contribution in [1.29, 1.82) is 0 Å². The molecule has 0 amide bonds. The van der Waals surface area contributed by atoms with E-state index in [0.717, 1.165) is 24.7 Å². The Morgan fingerprint density at radius 3 is 2.45 bits per heavy atom. The molecule has 1 aliphatic rings. The summed E-state index contributed by atoms with van der Waals surface area (Å²) in [6.07, 6.45) is 18.1. The van der Waals surface area contributed by atoms with Crippen molar-refractivity contribution in [3.8, 4) is 0 Å². The molecule has 0 nitrogen and oxygen atoms in total. The lowest BCUT2D eigenvalue weighted by atomic mass is 9.79. The molecule has 0 saturated heterocycles. The molecule has 0 atom stereocenters. The number of allylic oxidation sites excluding steroid dienone is 2. The summed E-state index contributed by atoms with van der Waals surface area (Å²) in [6.45, 7) is 2.29. The fourth-order valence-corrected chi connectivity index (χ4v) is 3.54. The summed E-state index contributed by atoms with van der Waals surface area (Å²) < 4.78 is 12.8. The molecule has 1 aliphatic carbocycles. The van der Waals surface area contributed by atoms with Gasteiger partial charge >= 0.3 is 0 Å². The zero-order valence-corrected chi connectivity index (χ0v) is 14.1. The van der Waals surface area contributed by atoms with Gasteiger partial charge in [0.15, 0.2) is 0 Å². The Morgan fingerprint density at radius 2 is 1.77 bits per heavy atom. The monoisotopic (exact) mass is 302 g/mol. The molecule has 1 fully saturated rings. The summed E-state index contributed by atoms with van der Waals surface area (Å²) in [4.78, 5) is 0. The molecule has 1 aromatic carbocycles. The minimum Gasteiger partial charge on any atom is -0.207 e. The lowest BCUT2D eigenvalue weighted by molar-refractivity contribution is 0.289. The van der Waals surface area contributed by atoms with Crippen LogP contribution in [0.25, 0.3) is 0 Å². The van der Waals surface area contributed by atoms with E-state index >= 15 is 0 Å². The molecular weight excluding hydrogens is 271 g/mol. The van der Waals surface area contributed by atoms with Crippen molar-refractivity contribution in [3.63, 3.8) is 0 Å². The van der Waals surface area contributed by atoms with Crippen molar-refractivity contribution in [2.75, 3.05) is 0 Å². The highest BCUT2D eigenvalue weighted by Gasteiger charge is 2.18. The number of unbranched alkanes of at least 4 members (excludes halogenated alkanes) is 2. The van der Waals surface area contributed by atoms with E-state index in [1.807, 2.05) is 12.1 Å². The SMILES string of the molecule is CCCCCC1CCC(C=CCCc2ccc(F)cc2)CC1. The van der Waals surface area contributed by atoms with Crippen LogP contribution in [0.1, 0.15) is 70.3 Å². The van der Waals surface area contributed by atoms with Crippen LogP contribution in [0, 0.1) is 17.7 Å². The van der Waals surface area contributed by atoms with E-state index in [2.05, 4.69) is 19.1 Å². The molecule has 122 valence electrons. The van der Waals surface area contributed by atoms with Gasteiger partial charge in [0.05, 0.1) is 0 Å². The molecule has 1 aromatic rings. The normalized spacial score (nSPS) is 22.3. The Hall–Kier alpha value is -1.11. The van der Waals surface area contributed by atoms with Crippen molar-refractivity contribution in [2.45, 2.75) is 71.1 Å². The summed E-state index contributed by atoms with van der Waals surface area (Å²) >= 11 is 0. The summed E-state index contributed by atoms with van der Waals surface area (Å²) in [5.41, 5.74) is 1.23. The van der Waals surface area contributed by atoms with Gasteiger partial charge in [0, 0.05) is 0 Å².